The van der Waals surface area contributed by atoms with Crippen molar-refractivity contribution in [1.29, 1.82) is 0 Å². The maximum atomic E-state index is 9.37. The number of fused-ring (bicyclic) bond motifs is 2. The van der Waals surface area contributed by atoms with Crippen LogP contribution in [0.5, 0.6) is 0 Å². The van der Waals surface area contributed by atoms with Crippen LogP contribution in [-0.4, -0.2) is 73.1 Å². The molecule has 2 aliphatic rings. The third-order valence-electron chi connectivity index (χ3n) is 4.11. The Balaban J connectivity index is 1.66. The Bertz CT molecular complexity index is 1310. The normalized spacial score (nSPS) is 25.7. The maximum absolute atomic E-state index is 9.37. The van der Waals surface area contributed by atoms with Gasteiger partial charge in [0.25, 0.3) is 0 Å². The van der Waals surface area contributed by atoms with Gasteiger partial charge in [0, 0.05) is 50.8 Å². The molecule has 1 saturated heterocycles. The first-order valence-corrected chi connectivity index (χ1v) is 9.09. The average Bonchev–Trinajstić information content (AvgIpc) is 3.02. The van der Waals surface area contributed by atoms with Crippen LogP contribution in [0.15, 0.2) is 63.2 Å². The molecule has 27 heavy (non-hydrogen) atoms. The quantitative estimate of drug-likeness (QED) is 0.844. The predicted octanol–water partition coefficient (Wildman–Crippen LogP) is 2.86. The Kier molecular flexibility index (Phi) is 2.99. The molecule has 0 atom stereocenters. The highest BCUT2D eigenvalue weighted by Crippen LogP contribution is 2.40. The molecule has 2 heterocycles. The Morgan fingerprint density at radius 2 is 1.93 bits per heavy atom. The van der Waals surface area contributed by atoms with Crippen LogP contribution in [0.25, 0.3) is 0 Å². The van der Waals surface area contributed by atoms with Gasteiger partial charge in [0.05, 0.1) is 39.1 Å². The minimum atomic E-state index is -3.59. The van der Waals surface area contributed by atoms with Gasteiger partial charge in [-0.05, 0) is 18.2 Å². The monoisotopic (exact) mass is 395 g/mol. The van der Waals surface area contributed by atoms with E-state index in [-0.39, 0.29) is 55.7 Å². The summed E-state index contributed by atoms with van der Waals surface area (Å²) < 4.78 is 100.0. The fourth-order valence-corrected chi connectivity index (χ4v) is 3.78. The summed E-state index contributed by atoms with van der Waals surface area (Å²) in [6.45, 7) is -13.5. The van der Waals surface area contributed by atoms with Gasteiger partial charge in [-0.2, -0.15) is 0 Å². The molecule has 0 radical (unpaired) electrons. The Hall–Kier alpha value is -1.86. The number of aliphatic hydroxyl groups is 1. The second kappa shape index (κ2) is 8.89. The minimum absolute atomic E-state index is 0.0666. The van der Waals surface area contributed by atoms with E-state index < -0.39 is 32.2 Å². The van der Waals surface area contributed by atoms with Gasteiger partial charge >= 0.3 is 0 Å². The standard InChI is InChI=1S/C21H25N3O2S/c25-14-16-26-15-13-23-9-11-24(12-10-23)21-17-5-1-3-7-19(17)27-20-8-4-2-6-18(20)22-21/h1-8,25H,9-16H2/i1D,3D,5D,7D,13D2,14D2,15D2,16D2. The molecule has 0 saturated carbocycles. The van der Waals surface area contributed by atoms with Crippen molar-refractivity contribution in [3.63, 3.8) is 0 Å². The number of amidine groups is 1. The van der Waals surface area contributed by atoms with Crippen molar-refractivity contribution in [1.82, 2.24) is 9.80 Å². The number of ether oxygens (including phenoxy) is 1. The summed E-state index contributed by atoms with van der Waals surface area (Å²) in [6, 6.07) is 5.83. The highest BCUT2D eigenvalue weighted by Gasteiger charge is 2.24. The number of hydrogen-bond donors (Lipinski definition) is 1. The lowest BCUT2D eigenvalue weighted by Crippen LogP contribution is -2.49. The highest BCUT2D eigenvalue weighted by molar-refractivity contribution is 7.99. The largest absolute Gasteiger partial charge is 0.394 e. The number of hydrogen-bond acceptors (Lipinski definition) is 6. The van der Waals surface area contributed by atoms with Gasteiger partial charge in [0.1, 0.15) is 5.84 Å². The first kappa shape index (κ1) is 9.09. The minimum Gasteiger partial charge on any atom is -0.394 e. The smallest absolute Gasteiger partial charge is 0.137 e. The molecule has 4 rings (SSSR count). The number of aliphatic imine (C=N–C) groups is 1. The Labute approximate surface area is 181 Å². The van der Waals surface area contributed by atoms with E-state index >= 15 is 0 Å². The van der Waals surface area contributed by atoms with Crippen molar-refractivity contribution >= 4 is 23.3 Å². The van der Waals surface area contributed by atoms with E-state index in [1.807, 2.05) is 0 Å². The molecule has 0 unspecified atom stereocenters. The molecule has 0 amide bonds. The van der Waals surface area contributed by atoms with Gasteiger partial charge in [-0.1, -0.05) is 42.0 Å². The van der Waals surface area contributed by atoms with Crippen LogP contribution in [0, 0.1) is 0 Å². The molecular weight excluding hydrogens is 358 g/mol. The van der Waals surface area contributed by atoms with Gasteiger partial charge in [-0.15, -0.1) is 0 Å². The van der Waals surface area contributed by atoms with Crippen molar-refractivity contribution in [3.05, 3.63) is 54.0 Å². The average molecular weight is 396 g/mol. The van der Waals surface area contributed by atoms with Crippen molar-refractivity contribution in [2.45, 2.75) is 9.79 Å². The first-order chi connectivity index (χ1) is 17.9. The molecule has 2 aromatic rings. The number of nitrogens with zero attached hydrogens (tertiary/aromatic N) is 3. The van der Waals surface area contributed by atoms with Gasteiger partial charge in [-0.25, -0.2) is 4.99 Å². The number of piperazine rings is 1. The van der Waals surface area contributed by atoms with Crippen LogP contribution in [0.3, 0.4) is 0 Å². The Morgan fingerprint density at radius 1 is 1.11 bits per heavy atom. The second-order valence-electron chi connectivity index (χ2n) is 5.71. The van der Waals surface area contributed by atoms with Gasteiger partial charge in [0.15, 0.2) is 0 Å². The molecule has 142 valence electrons. The summed E-state index contributed by atoms with van der Waals surface area (Å²) in [6.07, 6.45) is 0. The van der Waals surface area contributed by atoms with Crippen molar-refractivity contribution in [3.8, 4) is 0 Å². The predicted molar refractivity (Wildman–Crippen MR) is 109 cm³/mol. The van der Waals surface area contributed by atoms with Crippen molar-refractivity contribution in [2.75, 3.05) is 52.4 Å². The molecule has 1 fully saturated rings. The van der Waals surface area contributed by atoms with Gasteiger partial charge < -0.3 is 14.7 Å². The lowest BCUT2D eigenvalue weighted by molar-refractivity contribution is 0.0652. The van der Waals surface area contributed by atoms with E-state index in [9.17, 15) is 5.11 Å². The van der Waals surface area contributed by atoms with E-state index in [0.717, 1.165) is 4.90 Å². The van der Waals surface area contributed by atoms with Crippen LogP contribution in [0.4, 0.5) is 5.69 Å². The van der Waals surface area contributed by atoms with E-state index in [4.69, 9.17) is 21.4 Å². The van der Waals surface area contributed by atoms with E-state index in [1.54, 1.807) is 29.2 Å². The molecule has 1 N–H and O–H groups in total. The Morgan fingerprint density at radius 3 is 2.78 bits per heavy atom. The zero-order chi connectivity index (χ0) is 29.1. The summed E-state index contributed by atoms with van der Waals surface area (Å²) in [7, 11) is 0. The molecule has 5 nitrogen and oxygen atoms in total. The first-order valence-electron chi connectivity index (χ1n) is 14.3. The molecule has 0 aliphatic carbocycles. The molecule has 0 spiro atoms. The summed E-state index contributed by atoms with van der Waals surface area (Å²) in [5.74, 6) is 0.263. The lowest BCUT2D eigenvalue weighted by Gasteiger charge is -2.36. The molecule has 2 aromatic carbocycles. The summed E-state index contributed by atoms with van der Waals surface area (Å²) in [4.78, 5) is 8.50. The second-order valence-corrected chi connectivity index (χ2v) is 6.77. The fourth-order valence-electron chi connectivity index (χ4n) is 2.85. The summed E-state index contributed by atoms with van der Waals surface area (Å²) in [5.41, 5.74) is 0.754. The SMILES string of the molecule is [2H]c1c([2H])c([2H])c2c(c1[2H])Sc1ccccc1N=C2N1CCN(C([2H])([2H])C([2H])([2H])OC([2H])([2H])C([2H])([2H])O)CC1. The molecule has 2 aliphatic heterocycles. The van der Waals surface area contributed by atoms with Crippen LogP contribution < -0.4 is 0 Å². The summed E-state index contributed by atoms with van der Waals surface area (Å²) >= 11 is 1.17. The third-order valence-corrected chi connectivity index (χ3v) is 5.19. The van der Waals surface area contributed by atoms with Crippen molar-refractivity contribution < 1.29 is 26.3 Å². The summed E-state index contributed by atoms with van der Waals surface area (Å²) in [5, 5.41) is 9.37. The van der Waals surface area contributed by atoms with E-state index in [0.29, 0.717) is 15.5 Å². The third kappa shape index (κ3) is 4.35. The molecule has 0 bridgehead atoms. The number of rotatable bonds is 5. The number of benzene rings is 2. The van der Waals surface area contributed by atoms with Crippen LogP contribution in [0.1, 0.15) is 22.0 Å². The van der Waals surface area contributed by atoms with Crippen LogP contribution in [0.2, 0.25) is 0 Å². The molecule has 6 heteroatoms. The highest BCUT2D eigenvalue weighted by atomic mass is 32.2. The fraction of sp³-hybridized carbons (Fsp3) is 0.381. The molecule has 0 aromatic heterocycles. The van der Waals surface area contributed by atoms with Crippen LogP contribution in [-0.2, 0) is 4.74 Å². The lowest BCUT2D eigenvalue weighted by atomic mass is 10.1. The van der Waals surface area contributed by atoms with E-state index in [1.165, 1.54) is 11.8 Å². The number of para-hydroxylation sites is 1. The zero-order valence-electron chi connectivity index (χ0n) is 26.2. The van der Waals surface area contributed by atoms with Crippen molar-refractivity contribution in [2.24, 2.45) is 4.99 Å². The van der Waals surface area contributed by atoms with E-state index in [2.05, 4.69) is 4.74 Å². The maximum Gasteiger partial charge on any atom is 0.137 e. The van der Waals surface area contributed by atoms with Gasteiger partial charge in [0.2, 0.25) is 0 Å². The van der Waals surface area contributed by atoms with Gasteiger partial charge in [-0.3, -0.25) is 4.90 Å². The zero-order valence-corrected chi connectivity index (χ0v) is 15.1. The molecular formula is C21H25N3O2S. The topological polar surface area (TPSA) is 48.3 Å². The van der Waals surface area contributed by atoms with Crippen LogP contribution >= 0.6 is 11.8 Å².